The molecule has 0 aromatic heterocycles. The first-order valence-corrected chi connectivity index (χ1v) is 16.8. The molecule has 0 aromatic rings. The van der Waals surface area contributed by atoms with Gasteiger partial charge in [-0.15, -0.1) is 0 Å². The summed E-state index contributed by atoms with van der Waals surface area (Å²) in [5.74, 6) is 0.242. The molecule has 4 unspecified atom stereocenters. The number of carbonyl (C=O) groups is 2. The molecule has 0 radical (unpaired) electrons. The van der Waals surface area contributed by atoms with Gasteiger partial charge in [0.15, 0.2) is 0 Å². The molecule has 4 atom stereocenters. The summed E-state index contributed by atoms with van der Waals surface area (Å²) < 4.78 is 6.07. The van der Waals surface area contributed by atoms with Crippen LogP contribution in [-0.2, 0) is 14.3 Å². The number of aliphatic carboxylic acids is 1. The van der Waals surface area contributed by atoms with Crippen molar-refractivity contribution in [1.29, 1.82) is 0 Å². The van der Waals surface area contributed by atoms with Crippen LogP contribution in [0.25, 0.3) is 0 Å². The van der Waals surface area contributed by atoms with E-state index in [-0.39, 0.29) is 23.9 Å². The Morgan fingerprint density at radius 3 is 1.50 bits per heavy atom. The van der Waals surface area contributed by atoms with Gasteiger partial charge in [-0.1, -0.05) is 132 Å². The Morgan fingerprint density at radius 2 is 1.03 bits per heavy atom. The molecule has 0 rings (SSSR count). The lowest BCUT2D eigenvalue weighted by Crippen LogP contribution is -2.25. The Labute approximate surface area is 238 Å². The average molecular weight is 541 g/mol. The number of carboxylic acids is 1. The van der Waals surface area contributed by atoms with Crippen molar-refractivity contribution in [1.82, 2.24) is 0 Å². The Balaban J connectivity index is 0. The van der Waals surface area contributed by atoms with Crippen LogP contribution in [0.15, 0.2) is 0 Å². The van der Waals surface area contributed by atoms with Crippen LogP contribution in [0.1, 0.15) is 183 Å². The summed E-state index contributed by atoms with van der Waals surface area (Å²) >= 11 is 0. The highest BCUT2D eigenvalue weighted by molar-refractivity contribution is 5.72. The molecular weight excluding hydrogens is 472 g/mol. The number of carboxylic acid groups (broad SMARTS) is 1. The van der Waals surface area contributed by atoms with Crippen molar-refractivity contribution in [3.05, 3.63) is 0 Å². The van der Waals surface area contributed by atoms with Crippen LogP contribution in [0.5, 0.6) is 0 Å². The summed E-state index contributed by atoms with van der Waals surface area (Å²) in [6.07, 6.45) is 24.2. The molecule has 228 valence electrons. The fraction of sp³-hybridized carbons (Fsp3) is 0.941. The summed E-state index contributed by atoms with van der Waals surface area (Å²) in [5, 5.41) is 8.67. The first-order chi connectivity index (χ1) is 18.3. The van der Waals surface area contributed by atoms with Gasteiger partial charge in [-0.3, -0.25) is 9.59 Å². The standard InChI is InChI=1S/C25H50O2.C9H18O2/c1-6-11-14-16-19-24(21-20-22(9-4)17-13-8-3)27-25(26)23(10-5)18-15-12-7-2;1-3-5-6-7-8(4-2)9(10)11/h22-24H,6-21H2,1-5H3;8H,3-7H2,1-2H3,(H,10,11). The normalized spacial score (nSPS) is 14.2. The van der Waals surface area contributed by atoms with E-state index >= 15 is 0 Å². The van der Waals surface area contributed by atoms with Gasteiger partial charge in [-0.05, 0) is 57.3 Å². The van der Waals surface area contributed by atoms with Crippen LogP contribution < -0.4 is 0 Å². The average Bonchev–Trinajstić information content (AvgIpc) is 2.91. The van der Waals surface area contributed by atoms with Crippen LogP contribution in [0.3, 0.4) is 0 Å². The van der Waals surface area contributed by atoms with E-state index in [1.165, 1.54) is 70.6 Å². The van der Waals surface area contributed by atoms with Crippen LogP contribution >= 0.6 is 0 Å². The molecule has 1 N–H and O–H groups in total. The highest BCUT2D eigenvalue weighted by Gasteiger charge is 2.22. The maximum atomic E-state index is 12.7. The predicted molar refractivity (Wildman–Crippen MR) is 165 cm³/mol. The molecule has 4 heteroatoms. The van der Waals surface area contributed by atoms with Gasteiger partial charge in [-0.25, -0.2) is 0 Å². The zero-order valence-electron chi connectivity index (χ0n) is 26.8. The minimum Gasteiger partial charge on any atom is -0.481 e. The second kappa shape index (κ2) is 28.9. The van der Waals surface area contributed by atoms with Gasteiger partial charge < -0.3 is 9.84 Å². The number of esters is 1. The molecule has 0 bridgehead atoms. The fourth-order valence-electron chi connectivity index (χ4n) is 5.06. The zero-order chi connectivity index (χ0) is 29.0. The van der Waals surface area contributed by atoms with Gasteiger partial charge in [0.1, 0.15) is 6.10 Å². The Morgan fingerprint density at radius 1 is 0.526 bits per heavy atom. The summed E-state index contributed by atoms with van der Waals surface area (Å²) in [5.41, 5.74) is 0. The number of rotatable bonds is 25. The van der Waals surface area contributed by atoms with E-state index in [9.17, 15) is 9.59 Å². The largest absolute Gasteiger partial charge is 0.481 e. The molecule has 0 saturated heterocycles. The van der Waals surface area contributed by atoms with Gasteiger partial charge in [-0.2, -0.15) is 0 Å². The monoisotopic (exact) mass is 541 g/mol. The topological polar surface area (TPSA) is 63.6 Å². The third-order valence-corrected chi connectivity index (χ3v) is 8.08. The Kier molecular flexibility index (Phi) is 29.8. The van der Waals surface area contributed by atoms with Crippen LogP contribution in [0.2, 0.25) is 0 Å². The van der Waals surface area contributed by atoms with Crippen molar-refractivity contribution in [2.24, 2.45) is 17.8 Å². The summed E-state index contributed by atoms with van der Waals surface area (Å²) in [4.78, 5) is 23.3. The first kappa shape index (κ1) is 39.1. The molecule has 0 fully saturated rings. The van der Waals surface area contributed by atoms with E-state index in [1.54, 1.807) is 0 Å². The minimum atomic E-state index is -0.636. The quantitative estimate of drug-likeness (QED) is 0.0923. The van der Waals surface area contributed by atoms with Gasteiger partial charge in [0.05, 0.1) is 11.8 Å². The van der Waals surface area contributed by atoms with E-state index in [4.69, 9.17) is 9.84 Å². The lowest BCUT2D eigenvalue weighted by atomic mass is 9.91. The molecular formula is C34H68O4. The maximum Gasteiger partial charge on any atom is 0.309 e. The van der Waals surface area contributed by atoms with E-state index in [1.807, 2.05) is 6.92 Å². The third-order valence-electron chi connectivity index (χ3n) is 8.08. The number of hydrogen-bond acceptors (Lipinski definition) is 3. The molecule has 0 aliphatic carbocycles. The second-order valence-corrected chi connectivity index (χ2v) is 11.4. The van der Waals surface area contributed by atoms with Crippen molar-refractivity contribution in [2.45, 2.75) is 189 Å². The second-order valence-electron chi connectivity index (χ2n) is 11.4. The predicted octanol–water partition coefficient (Wildman–Crippen LogP) is 11.1. The molecule has 4 nitrogen and oxygen atoms in total. The Bertz CT molecular complexity index is 519. The van der Waals surface area contributed by atoms with E-state index in [0.717, 1.165) is 70.1 Å². The molecule has 0 aliphatic heterocycles. The molecule has 0 amide bonds. The number of unbranched alkanes of at least 4 members (excludes halogenated alkanes) is 8. The third kappa shape index (κ3) is 22.9. The number of hydrogen-bond donors (Lipinski definition) is 1. The van der Waals surface area contributed by atoms with Gasteiger partial charge in [0, 0.05) is 0 Å². The van der Waals surface area contributed by atoms with Crippen molar-refractivity contribution < 1.29 is 19.4 Å². The molecule has 0 aliphatic rings. The smallest absolute Gasteiger partial charge is 0.309 e. The molecule has 0 aromatic carbocycles. The lowest BCUT2D eigenvalue weighted by molar-refractivity contribution is -0.155. The Hall–Kier alpha value is -1.06. The van der Waals surface area contributed by atoms with Gasteiger partial charge in [0.2, 0.25) is 0 Å². The van der Waals surface area contributed by atoms with E-state index < -0.39 is 5.97 Å². The van der Waals surface area contributed by atoms with E-state index in [0.29, 0.717) is 0 Å². The zero-order valence-corrected chi connectivity index (χ0v) is 26.8. The molecule has 0 heterocycles. The summed E-state index contributed by atoms with van der Waals surface area (Å²) in [6, 6.07) is 0. The highest BCUT2D eigenvalue weighted by atomic mass is 16.5. The van der Waals surface area contributed by atoms with Gasteiger partial charge >= 0.3 is 11.9 Å². The fourth-order valence-corrected chi connectivity index (χ4v) is 5.06. The minimum absolute atomic E-state index is 0.0794. The SMILES string of the molecule is CCCCCC(CC)C(=O)O.CCCCCCC(CCC(CC)CCCC)OC(=O)C(CC)CCCCC. The first-order valence-electron chi connectivity index (χ1n) is 16.8. The van der Waals surface area contributed by atoms with Crippen molar-refractivity contribution in [3.8, 4) is 0 Å². The van der Waals surface area contributed by atoms with Crippen LogP contribution in [0.4, 0.5) is 0 Å². The lowest BCUT2D eigenvalue weighted by Gasteiger charge is -2.23. The van der Waals surface area contributed by atoms with Gasteiger partial charge in [0.25, 0.3) is 0 Å². The van der Waals surface area contributed by atoms with Crippen LogP contribution in [-0.4, -0.2) is 23.1 Å². The van der Waals surface area contributed by atoms with Crippen molar-refractivity contribution in [2.75, 3.05) is 0 Å². The van der Waals surface area contributed by atoms with E-state index in [2.05, 4.69) is 41.5 Å². The number of ether oxygens (including phenoxy) is 1. The van der Waals surface area contributed by atoms with Crippen LogP contribution in [0, 0.1) is 17.8 Å². The molecule has 0 spiro atoms. The molecule has 38 heavy (non-hydrogen) atoms. The highest BCUT2D eigenvalue weighted by Crippen LogP contribution is 2.24. The molecule has 0 saturated carbocycles. The number of carbonyl (C=O) groups excluding carboxylic acids is 1. The maximum absolute atomic E-state index is 12.7. The van der Waals surface area contributed by atoms with Crippen molar-refractivity contribution >= 4 is 11.9 Å². The van der Waals surface area contributed by atoms with Crippen molar-refractivity contribution in [3.63, 3.8) is 0 Å². The summed E-state index contributed by atoms with van der Waals surface area (Å²) in [6.45, 7) is 15.2. The summed E-state index contributed by atoms with van der Waals surface area (Å²) in [7, 11) is 0.